The molecule has 0 spiro atoms. The number of β-amino-alcohol motifs (C(OH)–C–C–N with tert-alkyl or cyclic N) is 1. The molecule has 1 atom stereocenters. The molecule has 0 amide bonds. The minimum Gasteiger partial charge on any atom is -0.391 e. The minimum absolute atomic E-state index is 0.00722. The smallest absolute Gasteiger partial charge is 0.261 e. The zero-order valence-corrected chi connectivity index (χ0v) is 21.5. The molecule has 0 bridgehead atoms. The third-order valence-electron chi connectivity index (χ3n) is 6.50. The van der Waals surface area contributed by atoms with Crippen LogP contribution in [0.15, 0.2) is 71.9 Å². The number of pyridine rings is 2. The number of nitrogens with zero attached hydrogens (tertiary/aromatic N) is 3. The molecule has 1 fully saturated rings. The van der Waals surface area contributed by atoms with E-state index >= 15 is 0 Å². The number of benzene rings is 2. The third kappa shape index (κ3) is 5.69. The lowest BCUT2D eigenvalue weighted by Crippen LogP contribution is -2.34. The largest absolute Gasteiger partial charge is 0.391 e. The second-order valence-electron chi connectivity index (χ2n) is 9.13. The lowest BCUT2D eigenvalue weighted by molar-refractivity contribution is 0.161. The van der Waals surface area contributed by atoms with Crippen molar-refractivity contribution in [3.05, 3.63) is 78.0 Å². The van der Waals surface area contributed by atoms with E-state index in [0.717, 1.165) is 66.5 Å². The number of hydrogen-bond donors (Lipinski definition) is 2. The van der Waals surface area contributed by atoms with E-state index in [1.54, 1.807) is 18.5 Å². The highest BCUT2D eigenvalue weighted by Crippen LogP contribution is 2.33. The van der Waals surface area contributed by atoms with Crippen molar-refractivity contribution in [2.24, 2.45) is 0 Å². The van der Waals surface area contributed by atoms with E-state index in [1.807, 2.05) is 24.3 Å². The quantitative estimate of drug-likeness (QED) is 0.318. The molecule has 2 aromatic heterocycles. The van der Waals surface area contributed by atoms with Gasteiger partial charge in [-0.2, -0.15) is 0 Å². The van der Waals surface area contributed by atoms with E-state index < -0.39 is 15.8 Å². The van der Waals surface area contributed by atoms with Crippen LogP contribution in [0.5, 0.6) is 0 Å². The molecule has 0 radical (unpaired) electrons. The van der Waals surface area contributed by atoms with Crippen molar-refractivity contribution < 1.29 is 17.9 Å². The molecule has 1 aliphatic rings. The van der Waals surface area contributed by atoms with Crippen LogP contribution in [-0.2, 0) is 10.0 Å². The maximum absolute atomic E-state index is 13.3. The Hall–Kier alpha value is -3.27. The predicted molar refractivity (Wildman–Crippen MR) is 144 cm³/mol. The number of hydrogen-bond acceptors (Lipinski definition) is 6. The summed E-state index contributed by atoms with van der Waals surface area (Å²) in [5.41, 5.74) is 3.39. The van der Waals surface area contributed by atoms with Gasteiger partial charge >= 0.3 is 0 Å². The van der Waals surface area contributed by atoms with Crippen molar-refractivity contribution in [2.75, 3.05) is 22.7 Å². The van der Waals surface area contributed by atoms with Crippen LogP contribution in [0.3, 0.4) is 0 Å². The monoisotopic (exact) mass is 540 g/mol. The van der Waals surface area contributed by atoms with Gasteiger partial charge in [0.25, 0.3) is 10.0 Å². The molecule has 4 aromatic rings. The van der Waals surface area contributed by atoms with Crippen molar-refractivity contribution in [1.29, 1.82) is 0 Å². The molecular weight excluding hydrogens is 515 g/mol. The number of halogens is 2. The minimum atomic E-state index is -4.00. The third-order valence-corrected chi connectivity index (χ3v) is 8.18. The predicted octanol–water partition coefficient (Wildman–Crippen LogP) is 5.63. The summed E-state index contributed by atoms with van der Waals surface area (Å²) < 4.78 is 41.4. The first-order valence-electron chi connectivity index (χ1n) is 12.1. The molecule has 1 saturated heterocycles. The fraction of sp³-hybridized carbons (Fsp3) is 0.259. The van der Waals surface area contributed by atoms with Gasteiger partial charge in [-0.3, -0.25) is 9.71 Å². The second-order valence-corrected chi connectivity index (χ2v) is 11.2. The standard InChI is InChI=1S/C27H26ClFN4O3S/c28-27-25(32-37(35,36)22-8-6-20(29)7-9-22)15-19(16-31-27)18-5-10-24-23(14-18)26(11-12-30-24)33-13-3-1-2-4-21(34)17-33/h5-12,14-16,21,32,34H,1-4,13,17H2. The fourth-order valence-corrected chi connectivity index (χ4v) is 5.86. The highest BCUT2D eigenvalue weighted by Gasteiger charge is 2.19. The Bertz CT molecular complexity index is 1530. The molecule has 192 valence electrons. The highest BCUT2D eigenvalue weighted by atomic mass is 35.5. The number of anilines is 2. The summed E-state index contributed by atoms with van der Waals surface area (Å²) in [5, 5.41) is 11.4. The molecular formula is C27H26ClFN4O3S. The van der Waals surface area contributed by atoms with E-state index in [0.29, 0.717) is 12.1 Å². The zero-order chi connectivity index (χ0) is 26.0. The van der Waals surface area contributed by atoms with Gasteiger partial charge in [0.1, 0.15) is 5.82 Å². The van der Waals surface area contributed by atoms with Crippen molar-refractivity contribution in [3.63, 3.8) is 0 Å². The van der Waals surface area contributed by atoms with Gasteiger partial charge in [0.15, 0.2) is 5.15 Å². The molecule has 2 N–H and O–H groups in total. The van der Waals surface area contributed by atoms with Crippen LogP contribution >= 0.6 is 11.6 Å². The Morgan fingerprint density at radius 1 is 1.00 bits per heavy atom. The van der Waals surface area contributed by atoms with Gasteiger partial charge in [-0.15, -0.1) is 0 Å². The molecule has 10 heteroatoms. The van der Waals surface area contributed by atoms with Gasteiger partial charge in [-0.05, 0) is 66.9 Å². The van der Waals surface area contributed by atoms with Crippen LogP contribution in [0.1, 0.15) is 25.7 Å². The van der Waals surface area contributed by atoms with E-state index in [-0.39, 0.29) is 21.8 Å². The number of rotatable bonds is 5. The molecule has 37 heavy (non-hydrogen) atoms. The molecule has 7 nitrogen and oxygen atoms in total. The summed E-state index contributed by atoms with van der Waals surface area (Å²) in [4.78, 5) is 10.8. The molecule has 0 saturated carbocycles. The van der Waals surface area contributed by atoms with Crippen molar-refractivity contribution in [2.45, 2.75) is 36.7 Å². The number of aromatic nitrogens is 2. The van der Waals surface area contributed by atoms with Crippen LogP contribution in [-0.4, -0.2) is 42.7 Å². The topological polar surface area (TPSA) is 95.4 Å². The summed E-state index contributed by atoms with van der Waals surface area (Å²) >= 11 is 6.23. The number of sulfonamides is 1. The molecule has 0 aliphatic carbocycles. The van der Waals surface area contributed by atoms with Crippen LogP contribution in [0.4, 0.5) is 15.8 Å². The molecule has 1 unspecified atom stereocenters. The maximum Gasteiger partial charge on any atom is 0.261 e. The van der Waals surface area contributed by atoms with Gasteiger partial charge in [0, 0.05) is 42.1 Å². The van der Waals surface area contributed by atoms with Crippen LogP contribution < -0.4 is 9.62 Å². The average Bonchev–Trinajstić information content (AvgIpc) is 2.87. The van der Waals surface area contributed by atoms with Gasteiger partial charge in [-0.25, -0.2) is 17.8 Å². The van der Waals surface area contributed by atoms with Crippen molar-refractivity contribution in [1.82, 2.24) is 9.97 Å². The summed E-state index contributed by atoms with van der Waals surface area (Å²) in [7, 11) is -4.00. The van der Waals surface area contributed by atoms with Crippen LogP contribution in [0.25, 0.3) is 22.0 Å². The number of nitrogens with one attached hydrogen (secondary N) is 1. The Balaban J connectivity index is 1.50. The second kappa shape index (κ2) is 10.6. The normalized spacial score (nSPS) is 16.8. The van der Waals surface area contributed by atoms with Gasteiger partial charge in [-0.1, -0.05) is 30.5 Å². The Morgan fingerprint density at radius 3 is 2.62 bits per heavy atom. The lowest BCUT2D eigenvalue weighted by Gasteiger charge is -2.30. The molecule has 3 heterocycles. The van der Waals surface area contributed by atoms with Crippen LogP contribution in [0.2, 0.25) is 5.15 Å². The molecule has 2 aromatic carbocycles. The number of fused-ring (bicyclic) bond motifs is 1. The fourth-order valence-electron chi connectivity index (χ4n) is 4.60. The lowest BCUT2D eigenvalue weighted by atomic mass is 10.0. The SMILES string of the molecule is O=S(=O)(Nc1cc(-c2ccc3nccc(N4CCCCCC(O)C4)c3c2)cnc1Cl)c1ccc(F)cc1. The van der Waals surface area contributed by atoms with Crippen molar-refractivity contribution in [3.8, 4) is 11.1 Å². The van der Waals surface area contributed by atoms with E-state index in [4.69, 9.17) is 11.6 Å². The van der Waals surface area contributed by atoms with Gasteiger partial charge < -0.3 is 10.0 Å². The number of aliphatic hydroxyl groups excluding tert-OH is 1. The van der Waals surface area contributed by atoms with Crippen LogP contribution in [0, 0.1) is 5.82 Å². The van der Waals surface area contributed by atoms with Crippen molar-refractivity contribution >= 4 is 43.9 Å². The first-order chi connectivity index (χ1) is 17.8. The summed E-state index contributed by atoms with van der Waals surface area (Å²) in [5.74, 6) is -0.531. The number of aliphatic hydroxyl groups is 1. The van der Waals surface area contributed by atoms with E-state index in [1.165, 1.54) is 12.1 Å². The van der Waals surface area contributed by atoms with Gasteiger partial charge in [0.2, 0.25) is 0 Å². The van der Waals surface area contributed by atoms with E-state index in [9.17, 15) is 17.9 Å². The molecule has 1 aliphatic heterocycles. The van der Waals surface area contributed by atoms with Gasteiger partial charge in [0.05, 0.1) is 22.2 Å². The first kappa shape index (κ1) is 25.4. The van der Waals surface area contributed by atoms with E-state index in [2.05, 4.69) is 19.6 Å². The Labute approximate surface area is 220 Å². The summed E-state index contributed by atoms with van der Waals surface area (Å²) in [6, 6.07) is 13.9. The summed E-state index contributed by atoms with van der Waals surface area (Å²) in [6.07, 6.45) is 6.92. The first-order valence-corrected chi connectivity index (χ1v) is 13.9. The zero-order valence-electron chi connectivity index (χ0n) is 19.9. The highest BCUT2D eigenvalue weighted by molar-refractivity contribution is 7.92. The maximum atomic E-state index is 13.3. The Morgan fingerprint density at radius 2 is 1.81 bits per heavy atom. The average molecular weight is 541 g/mol. The Kier molecular flexibility index (Phi) is 7.28. The molecule has 5 rings (SSSR count). The summed E-state index contributed by atoms with van der Waals surface area (Å²) in [6.45, 7) is 1.40.